The van der Waals surface area contributed by atoms with Crippen molar-refractivity contribution in [2.45, 2.75) is 23.9 Å². The summed E-state index contributed by atoms with van der Waals surface area (Å²) in [7, 11) is 0. The number of thioether (sulfide) groups is 1. The number of nitrogens with zero attached hydrogens (tertiary/aromatic N) is 1. The second-order valence-corrected chi connectivity index (χ2v) is 5.52. The second-order valence-electron chi connectivity index (χ2n) is 4.65. The lowest BCUT2D eigenvalue weighted by Gasteiger charge is -2.34. The molecule has 1 aromatic rings. The van der Waals surface area contributed by atoms with Crippen molar-refractivity contribution < 1.29 is 14.6 Å². The van der Waals surface area contributed by atoms with Gasteiger partial charge in [-0.2, -0.15) is 0 Å². The first-order chi connectivity index (χ1) is 9.19. The zero-order valence-electron chi connectivity index (χ0n) is 11.0. The molecule has 1 atom stereocenters. The van der Waals surface area contributed by atoms with Gasteiger partial charge in [0.1, 0.15) is 0 Å². The van der Waals surface area contributed by atoms with Crippen LogP contribution in [0.5, 0.6) is 0 Å². The molecule has 1 unspecified atom stereocenters. The Morgan fingerprint density at radius 3 is 2.84 bits per heavy atom. The number of morpholine rings is 1. The van der Waals surface area contributed by atoms with E-state index in [1.54, 1.807) is 11.8 Å². The number of hydrogen-bond donors (Lipinski definition) is 1. The zero-order chi connectivity index (χ0) is 13.7. The number of carbonyl (C=O) groups is 1. The van der Waals surface area contributed by atoms with Crippen molar-refractivity contribution in [1.29, 1.82) is 0 Å². The van der Waals surface area contributed by atoms with E-state index in [0.717, 1.165) is 13.1 Å². The molecule has 1 fully saturated rings. The van der Waals surface area contributed by atoms with Crippen molar-refractivity contribution >= 4 is 17.7 Å². The predicted molar refractivity (Wildman–Crippen MR) is 75.5 cm³/mol. The Morgan fingerprint density at radius 1 is 1.47 bits per heavy atom. The van der Waals surface area contributed by atoms with Crippen molar-refractivity contribution in [3.8, 4) is 0 Å². The van der Waals surface area contributed by atoms with E-state index in [0.29, 0.717) is 13.2 Å². The van der Waals surface area contributed by atoms with Gasteiger partial charge in [0.25, 0.3) is 0 Å². The van der Waals surface area contributed by atoms with Crippen LogP contribution in [0, 0.1) is 0 Å². The molecule has 0 radical (unpaired) electrons. The minimum absolute atomic E-state index is 0.0218. The van der Waals surface area contributed by atoms with Crippen molar-refractivity contribution in [2.24, 2.45) is 0 Å². The summed E-state index contributed by atoms with van der Waals surface area (Å²) in [5.41, 5.74) is 1.22. The van der Waals surface area contributed by atoms with Gasteiger partial charge in [0.05, 0.1) is 19.6 Å². The van der Waals surface area contributed by atoms with Gasteiger partial charge in [-0.1, -0.05) is 12.1 Å². The maximum absolute atomic E-state index is 10.9. The Balaban J connectivity index is 1.99. The third-order valence-electron chi connectivity index (χ3n) is 3.30. The van der Waals surface area contributed by atoms with E-state index < -0.39 is 5.97 Å². The van der Waals surface area contributed by atoms with Crippen LogP contribution in [0.3, 0.4) is 0 Å². The number of ether oxygens (including phenoxy) is 1. The fraction of sp³-hybridized carbons (Fsp3) is 0.500. The Morgan fingerprint density at radius 2 is 2.21 bits per heavy atom. The first-order valence-electron chi connectivity index (χ1n) is 6.35. The molecule has 0 amide bonds. The highest BCUT2D eigenvalue weighted by Gasteiger charge is 2.25. The molecule has 0 aliphatic carbocycles. The van der Waals surface area contributed by atoms with Gasteiger partial charge in [0, 0.05) is 24.0 Å². The molecule has 0 aromatic heterocycles. The van der Waals surface area contributed by atoms with Gasteiger partial charge in [0.15, 0.2) is 0 Å². The molecule has 4 nitrogen and oxygen atoms in total. The summed E-state index contributed by atoms with van der Waals surface area (Å²) in [5, 5.41) is 8.93. The lowest BCUT2D eigenvalue weighted by molar-refractivity contribution is -0.140. The maximum atomic E-state index is 10.9. The molecule has 1 saturated heterocycles. The lowest BCUT2D eigenvalue weighted by Crippen LogP contribution is -2.45. The summed E-state index contributed by atoms with van der Waals surface area (Å²) in [6, 6.07) is 8.41. The number of carboxylic acid groups (broad SMARTS) is 1. The number of rotatable bonds is 5. The van der Waals surface area contributed by atoms with E-state index in [4.69, 9.17) is 9.84 Å². The fourth-order valence-corrected chi connectivity index (χ4v) is 2.66. The number of carboxylic acids is 1. The van der Waals surface area contributed by atoms with Gasteiger partial charge < -0.3 is 9.84 Å². The summed E-state index contributed by atoms with van der Waals surface area (Å²) >= 11 is 1.72. The highest BCUT2D eigenvalue weighted by Crippen LogP contribution is 2.18. The topological polar surface area (TPSA) is 49.8 Å². The van der Waals surface area contributed by atoms with Crippen LogP contribution >= 0.6 is 11.8 Å². The molecule has 1 aliphatic heterocycles. The molecule has 2 rings (SSSR count). The van der Waals surface area contributed by atoms with Crippen LogP contribution in [0.15, 0.2) is 29.2 Å². The average molecular weight is 281 g/mol. The zero-order valence-corrected chi connectivity index (χ0v) is 11.9. The van der Waals surface area contributed by atoms with Crippen LogP contribution in [0.1, 0.15) is 12.0 Å². The van der Waals surface area contributed by atoms with E-state index in [9.17, 15) is 4.79 Å². The maximum Gasteiger partial charge on any atom is 0.305 e. The number of hydrogen-bond acceptors (Lipinski definition) is 4. The summed E-state index contributed by atoms with van der Waals surface area (Å²) < 4.78 is 5.38. The van der Waals surface area contributed by atoms with Crippen molar-refractivity contribution in [1.82, 2.24) is 4.90 Å². The van der Waals surface area contributed by atoms with Crippen LogP contribution in [-0.4, -0.2) is 48.0 Å². The lowest BCUT2D eigenvalue weighted by atomic mass is 10.1. The van der Waals surface area contributed by atoms with E-state index in [1.807, 2.05) is 0 Å². The van der Waals surface area contributed by atoms with E-state index >= 15 is 0 Å². The molecule has 0 bridgehead atoms. The van der Waals surface area contributed by atoms with Gasteiger partial charge in [0.2, 0.25) is 0 Å². The minimum Gasteiger partial charge on any atom is -0.481 e. The third-order valence-corrected chi connectivity index (χ3v) is 4.05. The van der Waals surface area contributed by atoms with Gasteiger partial charge in [-0.05, 0) is 24.0 Å². The SMILES string of the molecule is CSc1ccc(CN2CCOCC2CC(=O)O)cc1. The van der Waals surface area contributed by atoms with Crippen LogP contribution in [0.4, 0.5) is 0 Å². The van der Waals surface area contributed by atoms with Crippen LogP contribution < -0.4 is 0 Å². The van der Waals surface area contributed by atoms with E-state index in [-0.39, 0.29) is 12.5 Å². The van der Waals surface area contributed by atoms with Crippen LogP contribution in [0.2, 0.25) is 0 Å². The largest absolute Gasteiger partial charge is 0.481 e. The quantitative estimate of drug-likeness (QED) is 0.837. The minimum atomic E-state index is -0.766. The molecule has 19 heavy (non-hydrogen) atoms. The predicted octanol–water partition coefficient (Wildman–Crippen LogP) is 2.08. The van der Waals surface area contributed by atoms with Crippen molar-refractivity contribution in [3.05, 3.63) is 29.8 Å². The highest BCUT2D eigenvalue weighted by molar-refractivity contribution is 7.98. The number of benzene rings is 1. The standard InChI is InChI=1S/C14H19NO3S/c1-19-13-4-2-11(3-5-13)9-15-6-7-18-10-12(15)8-14(16)17/h2-5,12H,6-10H2,1H3,(H,16,17). The number of aliphatic carboxylic acids is 1. The summed E-state index contributed by atoms with van der Waals surface area (Å²) in [5.74, 6) is -0.766. The van der Waals surface area contributed by atoms with Crippen LogP contribution in [-0.2, 0) is 16.1 Å². The van der Waals surface area contributed by atoms with Crippen molar-refractivity contribution in [2.75, 3.05) is 26.0 Å². The van der Waals surface area contributed by atoms with E-state index in [1.165, 1.54) is 10.5 Å². The summed E-state index contributed by atoms with van der Waals surface area (Å²) in [6.45, 7) is 2.77. The van der Waals surface area contributed by atoms with Gasteiger partial charge in [-0.15, -0.1) is 11.8 Å². The first kappa shape index (κ1) is 14.4. The normalized spacial score (nSPS) is 20.4. The molecule has 1 aromatic carbocycles. The highest BCUT2D eigenvalue weighted by atomic mass is 32.2. The molecule has 0 spiro atoms. The van der Waals surface area contributed by atoms with E-state index in [2.05, 4.69) is 35.4 Å². The molecule has 1 heterocycles. The average Bonchev–Trinajstić information content (AvgIpc) is 2.41. The molecule has 1 N–H and O–H groups in total. The monoisotopic (exact) mass is 281 g/mol. The van der Waals surface area contributed by atoms with Crippen molar-refractivity contribution in [3.63, 3.8) is 0 Å². The van der Waals surface area contributed by atoms with Crippen LogP contribution in [0.25, 0.3) is 0 Å². The Kier molecular flexibility index (Phi) is 5.24. The molecule has 104 valence electrons. The smallest absolute Gasteiger partial charge is 0.305 e. The summed E-state index contributed by atoms with van der Waals surface area (Å²) in [6.07, 6.45) is 2.20. The van der Waals surface area contributed by atoms with Gasteiger partial charge >= 0.3 is 5.97 Å². The molecular weight excluding hydrogens is 262 g/mol. The molecule has 0 saturated carbocycles. The molecule has 5 heteroatoms. The van der Waals surface area contributed by atoms with Gasteiger partial charge in [-0.3, -0.25) is 9.69 Å². The first-order valence-corrected chi connectivity index (χ1v) is 7.58. The van der Waals surface area contributed by atoms with Gasteiger partial charge in [-0.25, -0.2) is 0 Å². The Labute approximate surface area is 117 Å². The Hall–Kier alpha value is -1.04. The second kappa shape index (κ2) is 6.93. The third kappa shape index (κ3) is 4.23. The fourth-order valence-electron chi connectivity index (χ4n) is 2.25. The molecule has 1 aliphatic rings. The summed E-state index contributed by atoms with van der Waals surface area (Å²) in [4.78, 5) is 14.3. The molecular formula is C14H19NO3S. The Bertz CT molecular complexity index is 421.